The van der Waals surface area contributed by atoms with Crippen LogP contribution in [0.15, 0.2) is 42.5 Å². The second-order valence-electron chi connectivity index (χ2n) is 7.32. The van der Waals surface area contributed by atoms with Gasteiger partial charge >= 0.3 is 0 Å². The third-order valence-electron chi connectivity index (χ3n) is 5.16. The van der Waals surface area contributed by atoms with Crippen LogP contribution in [0.4, 0.5) is 0 Å². The molecule has 2 aromatic rings. The molecule has 1 heterocycles. The highest BCUT2D eigenvalue weighted by Crippen LogP contribution is 2.46. The Labute approximate surface area is 154 Å². The number of ether oxygens (including phenoxy) is 2. The molecule has 4 nitrogen and oxygen atoms in total. The third kappa shape index (κ3) is 4.01. The van der Waals surface area contributed by atoms with Crippen molar-refractivity contribution in [3.05, 3.63) is 59.2 Å². The smallest absolute Gasteiger partial charge is 0.220 e. The number of carbonyl (C=O) groups is 1. The van der Waals surface area contributed by atoms with E-state index in [4.69, 9.17) is 9.47 Å². The predicted molar refractivity (Wildman–Crippen MR) is 101 cm³/mol. The summed E-state index contributed by atoms with van der Waals surface area (Å²) in [6.45, 7) is 3.83. The van der Waals surface area contributed by atoms with E-state index < -0.39 is 0 Å². The van der Waals surface area contributed by atoms with Gasteiger partial charge in [0.2, 0.25) is 5.91 Å². The van der Waals surface area contributed by atoms with Gasteiger partial charge in [0.05, 0.1) is 0 Å². The van der Waals surface area contributed by atoms with Crippen molar-refractivity contribution in [2.24, 2.45) is 5.92 Å². The van der Waals surface area contributed by atoms with Gasteiger partial charge in [0, 0.05) is 13.0 Å². The van der Waals surface area contributed by atoms with Crippen molar-refractivity contribution in [1.29, 1.82) is 0 Å². The Morgan fingerprint density at radius 1 is 1.12 bits per heavy atom. The molecule has 0 radical (unpaired) electrons. The fraction of sp³-hybridized carbons (Fsp3) is 0.409. The van der Waals surface area contributed by atoms with Gasteiger partial charge in [-0.25, -0.2) is 0 Å². The van der Waals surface area contributed by atoms with Crippen LogP contribution in [-0.4, -0.2) is 19.1 Å². The van der Waals surface area contributed by atoms with Crippen LogP contribution in [-0.2, 0) is 11.3 Å². The lowest BCUT2D eigenvalue weighted by Crippen LogP contribution is -2.25. The summed E-state index contributed by atoms with van der Waals surface area (Å²) in [6.07, 6.45) is 2.92. The number of aryl methyl sites for hydroxylation is 1. The lowest BCUT2D eigenvalue weighted by molar-refractivity contribution is -0.121. The second-order valence-corrected chi connectivity index (χ2v) is 7.32. The standard InChI is InChI=1S/C22H25NO3/c1-15-3-2-4-16(11-15)14-23-22(24)13-19(17-5-6-17)18-7-8-20-21(12-18)26-10-9-25-20/h2-4,7-8,11-12,17,19H,5-6,9-10,13-14H2,1H3,(H,23,24). The van der Waals surface area contributed by atoms with E-state index in [1.54, 1.807) is 0 Å². The monoisotopic (exact) mass is 351 g/mol. The normalized spacial score (nSPS) is 16.8. The van der Waals surface area contributed by atoms with Crippen LogP contribution < -0.4 is 14.8 Å². The highest BCUT2D eigenvalue weighted by Gasteiger charge is 2.34. The van der Waals surface area contributed by atoms with Gasteiger partial charge < -0.3 is 14.8 Å². The van der Waals surface area contributed by atoms with E-state index >= 15 is 0 Å². The maximum Gasteiger partial charge on any atom is 0.220 e. The maximum absolute atomic E-state index is 12.5. The van der Waals surface area contributed by atoms with E-state index in [9.17, 15) is 4.79 Å². The number of amides is 1. The number of carbonyl (C=O) groups excluding carboxylic acids is 1. The molecule has 1 aliphatic carbocycles. The van der Waals surface area contributed by atoms with Crippen LogP contribution in [0.5, 0.6) is 11.5 Å². The molecule has 0 saturated heterocycles. The Balaban J connectivity index is 1.41. The molecule has 0 spiro atoms. The molecule has 1 N–H and O–H groups in total. The summed E-state index contributed by atoms with van der Waals surface area (Å²) in [7, 11) is 0. The molecule has 136 valence electrons. The largest absolute Gasteiger partial charge is 0.486 e. The van der Waals surface area contributed by atoms with Crippen LogP contribution in [0.3, 0.4) is 0 Å². The van der Waals surface area contributed by atoms with Gasteiger partial charge in [0.1, 0.15) is 13.2 Å². The van der Waals surface area contributed by atoms with Gasteiger partial charge in [-0.1, -0.05) is 35.9 Å². The Morgan fingerprint density at radius 3 is 2.69 bits per heavy atom. The van der Waals surface area contributed by atoms with E-state index in [1.807, 2.05) is 18.2 Å². The minimum Gasteiger partial charge on any atom is -0.486 e. The van der Waals surface area contributed by atoms with E-state index in [2.05, 4.69) is 36.5 Å². The first-order chi connectivity index (χ1) is 12.7. The van der Waals surface area contributed by atoms with Crippen molar-refractivity contribution in [3.63, 3.8) is 0 Å². The summed E-state index contributed by atoms with van der Waals surface area (Å²) in [4.78, 5) is 12.5. The molecule has 1 amide bonds. The van der Waals surface area contributed by atoms with E-state index in [0.29, 0.717) is 32.1 Å². The summed E-state index contributed by atoms with van der Waals surface area (Å²) < 4.78 is 11.3. The molecule has 26 heavy (non-hydrogen) atoms. The molecule has 1 saturated carbocycles. The van der Waals surface area contributed by atoms with Crippen LogP contribution in [0.25, 0.3) is 0 Å². The van der Waals surface area contributed by atoms with Gasteiger partial charge in [0.15, 0.2) is 11.5 Å². The van der Waals surface area contributed by atoms with Crippen molar-refractivity contribution >= 4 is 5.91 Å². The zero-order valence-corrected chi connectivity index (χ0v) is 15.2. The quantitative estimate of drug-likeness (QED) is 0.857. The van der Waals surface area contributed by atoms with Crippen molar-refractivity contribution < 1.29 is 14.3 Å². The zero-order chi connectivity index (χ0) is 17.9. The molecular weight excluding hydrogens is 326 g/mol. The Bertz CT molecular complexity index is 798. The second kappa shape index (κ2) is 7.40. The Kier molecular flexibility index (Phi) is 4.83. The molecule has 0 bridgehead atoms. The zero-order valence-electron chi connectivity index (χ0n) is 15.2. The van der Waals surface area contributed by atoms with Crippen molar-refractivity contribution in [2.45, 2.75) is 38.6 Å². The number of benzene rings is 2. The molecule has 1 unspecified atom stereocenters. The van der Waals surface area contributed by atoms with Crippen LogP contribution in [0, 0.1) is 12.8 Å². The number of nitrogens with one attached hydrogen (secondary N) is 1. The summed E-state index contributed by atoms with van der Waals surface area (Å²) in [5.41, 5.74) is 3.53. The predicted octanol–water partition coefficient (Wildman–Crippen LogP) is 3.97. The maximum atomic E-state index is 12.5. The van der Waals surface area contributed by atoms with Crippen LogP contribution >= 0.6 is 0 Å². The van der Waals surface area contributed by atoms with E-state index in [-0.39, 0.29) is 11.8 Å². The van der Waals surface area contributed by atoms with Crippen molar-refractivity contribution in [2.75, 3.05) is 13.2 Å². The fourth-order valence-corrected chi connectivity index (χ4v) is 3.64. The average molecular weight is 351 g/mol. The Morgan fingerprint density at radius 2 is 1.92 bits per heavy atom. The third-order valence-corrected chi connectivity index (χ3v) is 5.16. The van der Waals surface area contributed by atoms with Gasteiger partial charge in [-0.3, -0.25) is 4.79 Å². The molecule has 1 fully saturated rings. The van der Waals surface area contributed by atoms with Crippen LogP contribution in [0.2, 0.25) is 0 Å². The molecule has 4 heteroatoms. The first-order valence-electron chi connectivity index (χ1n) is 9.41. The van der Waals surface area contributed by atoms with Gasteiger partial charge in [-0.15, -0.1) is 0 Å². The highest BCUT2D eigenvalue weighted by atomic mass is 16.6. The lowest BCUT2D eigenvalue weighted by Gasteiger charge is -2.22. The fourth-order valence-electron chi connectivity index (χ4n) is 3.64. The molecule has 0 aromatic heterocycles. The summed E-state index contributed by atoms with van der Waals surface area (Å²) >= 11 is 0. The van der Waals surface area contributed by atoms with Crippen molar-refractivity contribution in [3.8, 4) is 11.5 Å². The van der Waals surface area contributed by atoms with E-state index in [0.717, 1.165) is 17.1 Å². The molecule has 4 rings (SSSR count). The van der Waals surface area contributed by atoms with Gasteiger partial charge in [-0.2, -0.15) is 0 Å². The topological polar surface area (TPSA) is 47.6 Å². The Hall–Kier alpha value is -2.49. The molecule has 2 aromatic carbocycles. The number of hydrogen-bond acceptors (Lipinski definition) is 3. The molecule has 2 aliphatic rings. The van der Waals surface area contributed by atoms with Gasteiger partial charge in [-0.05, 0) is 54.9 Å². The summed E-state index contributed by atoms with van der Waals surface area (Å²) in [5.74, 6) is 2.57. The minimum absolute atomic E-state index is 0.110. The number of hydrogen-bond donors (Lipinski definition) is 1. The number of fused-ring (bicyclic) bond motifs is 1. The summed E-state index contributed by atoms with van der Waals surface area (Å²) in [5, 5.41) is 3.08. The van der Waals surface area contributed by atoms with Crippen LogP contribution in [0.1, 0.15) is 41.9 Å². The average Bonchev–Trinajstić information content (AvgIpc) is 3.49. The van der Waals surface area contributed by atoms with E-state index in [1.165, 1.54) is 24.0 Å². The molecule has 1 aliphatic heterocycles. The first-order valence-corrected chi connectivity index (χ1v) is 9.41. The summed E-state index contributed by atoms with van der Waals surface area (Å²) in [6, 6.07) is 14.4. The molecular formula is C22H25NO3. The highest BCUT2D eigenvalue weighted by molar-refractivity contribution is 5.77. The SMILES string of the molecule is Cc1cccc(CNC(=O)CC(c2ccc3c(c2)OCCO3)C2CC2)c1. The molecule has 1 atom stereocenters. The van der Waals surface area contributed by atoms with Crippen molar-refractivity contribution in [1.82, 2.24) is 5.32 Å². The minimum atomic E-state index is 0.110. The lowest BCUT2D eigenvalue weighted by atomic mass is 9.90. The van der Waals surface area contributed by atoms with Gasteiger partial charge in [0.25, 0.3) is 0 Å². The first kappa shape index (κ1) is 17.0. The number of rotatable bonds is 6.